The SMILES string of the molecule is N#Cc1cccnc1-c1cccc(-c2cccc(-n3c4ccccc4c4c3ccc3c5ccccc5n(-c5ccccc5)c34)c2)c1. The van der Waals surface area contributed by atoms with E-state index in [9.17, 15) is 5.26 Å². The van der Waals surface area contributed by atoms with Gasteiger partial charge in [0.25, 0.3) is 0 Å². The van der Waals surface area contributed by atoms with Crippen LogP contribution in [0.2, 0.25) is 0 Å². The molecule has 0 bridgehead atoms. The normalized spacial score (nSPS) is 11.5. The van der Waals surface area contributed by atoms with Crippen molar-refractivity contribution in [3.05, 3.63) is 163 Å². The van der Waals surface area contributed by atoms with Crippen molar-refractivity contribution in [1.29, 1.82) is 5.26 Å². The van der Waals surface area contributed by atoms with Gasteiger partial charge in [-0.15, -0.1) is 0 Å². The molecule has 0 aliphatic carbocycles. The summed E-state index contributed by atoms with van der Waals surface area (Å²) in [4.78, 5) is 4.52. The zero-order chi connectivity index (χ0) is 30.6. The molecule has 0 atom stereocenters. The quantitative estimate of drug-likeness (QED) is 0.206. The zero-order valence-electron chi connectivity index (χ0n) is 24.8. The number of benzene rings is 6. The molecule has 0 aliphatic rings. The van der Waals surface area contributed by atoms with Crippen molar-refractivity contribution in [2.24, 2.45) is 0 Å². The highest BCUT2D eigenvalue weighted by molar-refractivity contribution is 6.26. The molecule has 9 aromatic rings. The van der Waals surface area contributed by atoms with Gasteiger partial charge in [-0.3, -0.25) is 4.98 Å². The standard InChI is InChI=1S/C42H26N4/c43-27-31-14-10-24-44-41(31)30-13-8-11-28(25-30)29-12-9-17-33(26-29)45-38-21-7-5-19-36(38)40-39(45)23-22-35-34-18-4-6-20-37(34)46(42(35)40)32-15-2-1-3-16-32/h1-26H. The molecule has 4 heteroatoms. The van der Waals surface area contributed by atoms with Gasteiger partial charge < -0.3 is 9.13 Å². The average molecular weight is 587 g/mol. The first-order valence-electron chi connectivity index (χ1n) is 15.4. The molecule has 6 aromatic carbocycles. The lowest BCUT2D eigenvalue weighted by atomic mass is 9.99. The number of rotatable bonds is 4. The van der Waals surface area contributed by atoms with Crippen molar-refractivity contribution in [3.63, 3.8) is 0 Å². The fraction of sp³-hybridized carbons (Fsp3) is 0. The summed E-state index contributed by atoms with van der Waals surface area (Å²) >= 11 is 0. The third-order valence-corrected chi connectivity index (χ3v) is 8.99. The fourth-order valence-corrected chi connectivity index (χ4v) is 7.03. The lowest BCUT2D eigenvalue weighted by molar-refractivity contribution is 1.17. The van der Waals surface area contributed by atoms with Gasteiger partial charge in [0, 0.05) is 44.7 Å². The Hall–Kier alpha value is -6.44. The average Bonchev–Trinajstić information content (AvgIpc) is 3.65. The van der Waals surface area contributed by atoms with E-state index in [4.69, 9.17) is 0 Å². The van der Waals surface area contributed by atoms with Crippen LogP contribution in [-0.2, 0) is 0 Å². The minimum atomic E-state index is 0.568. The highest BCUT2D eigenvalue weighted by Gasteiger charge is 2.20. The highest BCUT2D eigenvalue weighted by atomic mass is 15.0. The Labute approximate surface area is 265 Å². The van der Waals surface area contributed by atoms with Crippen molar-refractivity contribution in [3.8, 4) is 39.8 Å². The third kappa shape index (κ3) is 3.89. The molecule has 0 radical (unpaired) electrons. The van der Waals surface area contributed by atoms with Crippen molar-refractivity contribution in [2.45, 2.75) is 0 Å². The highest BCUT2D eigenvalue weighted by Crippen LogP contribution is 2.42. The summed E-state index contributed by atoms with van der Waals surface area (Å²) in [5.74, 6) is 0. The molecule has 0 amide bonds. The first kappa shape index (κ1) is 26.0. The molecule has 3 heterocycles. The summed E-state index contributed by atoms with van der Waals surface area (Å²) in [5, 5.41) is 14.6. The largest absolute Gasteiger partial charge is 0.309 e. The molecule has 0 saturated carbocycles. The van der Waals surface area contributed by atoms with Gasteiger partial charge in [-0.1, -0.05) is 91.0 Å². The maximum Gasteiger partial charge on any atom is 0.101 e. The minimum absolute atomic E-state index is 0.568. The second-order valence-corrected chi connectivity index (χ2v) is 11.5. The van der Waals surface area contributed by atoms with Gasteiger partial charge in [-0.25, -0.2) is 0 Å². The molecular formula is C42H26N4. The molecule has 0 saturated heterocycles. The number of nitrogens with zero attached hydrogens (tertiary/aromatic N) is 4. The maximum atomic E-state index is 9.68. The van der Waals surface area contributed by atoms with Gasteiger partial charge in [0.05, 0.1) is 33.3 Å². The molecule has 0 N–H and O–H groups in total. The van der Waals surface area contributed by atoms with Gasteiger partial charge in [0.2, 0.25) is 0 Å². The van der Waals surface area contributed by atoms with Crippen LogP contribution >= 0.6 is 0 Å². The van der Waals surface area contributed by atoms with E-state index < -0.39 is 0 Å². The first-order chi connectivity index (χ1) is 22.8. The number of hydrogen-bond acceptors (Lipinski definition) is 2. The van der Waals surface area contributed by atoms with E-state index in [2.05, 4.69) is 148 Å². The van der Waals surface area contributed by atoms with Crippen LogP contribution in [0.3, 0.4) is 0 Å². The van der Waals surface area contributed by atoms with Gasteiger partial charge in [-0.2, -0.15) is 5.26 Å². The monoisotopic (exact) mass is 586 g/mol. The fourth-order valence-electron chi connectivity index (χ4n) is 7.03. The Bertz CT molecular complexity index is 2650. The topological polar surface area (TPSA) is 46.5 Å². The van der Waals surface area contributed by atoms with Crippen molar-refractivity contribution >= 4 is 43.6 Å². The smallest absolute Gasteiger partial charge is 0.101 e. The molecule has 0 spiro atoms. The van der Waals surface area contributed by atoms with Crippen LogP contribution < -0.4 is 0 Å². The second-order valence-electron chi connectivity index (χ2n) is 11.5. The van der Waals surface area contributed by atoms with Gasteiger partial charge in [-0.05, 0) is 71.8 Å². The van der Waals surface area contributed by atoms with E-state index in [0.717, 1.165) is 39.1 Å². The van der Waals surface area contributed by atoms with Crippen LogP contribution in [0.15, 0.2) is 158 Å². The predicted octanol–water partition coefficient (Wildman–Crippen LogP) is 10.5. The summed E-state index contributed by atoms with van der Waals surface area (Å²) < 4.78 is 4.80. The number of nitriles is 1. The zero-order valence-corrected chi connectivity index (χ0v) is 24.8. The van der Waals surface area contributed by atoms with Crippen molar-refractivity contribution < 1.29 is 0 Å². The number of hydrogen-bond donors (Lipinski definition) is 0. The van der Waals surface area contributed by atoms with E-state index in [-0.39, 0.29) is 0 Å². The number of pyridine rings is 1. The van der Waals surface area contributed by atoms with Gasteiger partial charge in [0.15, 0.2) is 0 Å². The van der Waals surface area contributed by atoms with Crippen LogP contribution in [0.5, 0.6) is 0 Å². The van der Waals surface area contributed by atoms with Gasteiger partial charge in [0.1, 0.15) is 6.07 Å². The van der Waals surface area contributed by atoms with Crippen molar-refractivity contribution in [1.82, 2.24) is 14.1 Å². The molecular weight excluding hydrogens is 560 g/mol. The maximum absolute atomic E-state index is 9.68. The summed E-state index contributed by atoms with van der Waals surface area (Å²) in [7, 11) is 0. The van der Waals surface area contributed by atoms with E-state index in [1.54, 1.807) is 12.3 Å². The predicted molar refractivity (Wildman–Crippen MR) is 189 cm³/mol. The number of para-hydroxylation sites is 3. The van der Waals surface area contributed by atoms with Crippen LogP contribution in [0.4, 0.5) is 0 Å². The lowest BCUT2D eigenvalue weighted by Gasteiger charge is -2.12. The molecule has 214 valence electrons. The van der Waals surface area contributed by atoms with Crippen LogP contribution in [0.25, 0.3) is 77.4 Å². The molecule has 4 nitrogen and oxygen atoms in total. The van der Waals surface area contributed by atoms with E-state index in [0.29, 0.717) is 11.3 Å². The van der Waals surface area contributed by atoms with Crippen LogP contribution in [-0.4, -0.2) is 14.1 Å². The Morgan fingerprint density at radius 2 is 1.15 bits per heavy atom. The van der Waals surface area contributed by atoms with Gasteiger partial charge >= 0.3 is 0 Å². The van der Waals surface area contributed by atoms with Crippen molar-refractivity contribution in [2.75, 3.05) is 0 Å². The molecule has 0 aliphatic heterocycles. The van der Waals surface area contributed by atoms with E-state index >= 15 is 0 Å². The second kappa shape index (κ2) is 10.3. The molecule has 46 heavy (non-hydrogen) atoms. The minimum Gasteiger partial charge on any atom is -0.309 e. The Balaban J connectivity index is 1.30. The molecule has 0 unspecified atom stereocenters. The molecule has 0 fully saturated rings. The summed E-state index contributed by atoms with van der Waals surface area (Å²) in [6, 6.07) is 55.5. The summed E-state index contributed by atoms with van der Waals surface area (Å²) in [5.41, 5.74) is 11.3. The Morgan fingerprint density at radius 3 is 1.98 bits per heavy atom. The Morgan fingerprint density at radius 1 is 0.478 bits per heavy atom. The Kier molecular flexibility index (Phi) is 5.84. The lowest BCUT2D eigenvalue weighted by Crippen LogP contribution is -1.95. The molecule has 3 aromatic heterocycles. The van der Waals surface area contributed by atoms with E-state index in [1.807, 2.05) is 18.2 Å². The number of fused-ring (bicyclic) bond motifs is 7. The number of aromatic nitrogens is 3. The summed E-state index contributed by atoms with van der Waals surface area (Å²) in [6.07, 6.45) is 1.74. The first-order valence-corrected chi connectivity index (χ1v) is 15.4. The van der Waals surface area contributed by atoms with Crippen LogP contribution in [0, 0.1) is 11.3 Å². The summed E-state index contributed by atoms with van der Waals surface area (Å²) in [6.45, 7) is 0. The van der Waals surface area contributed by atoms with E-state index in [1.165, 1.54) is 32.6 Å². The van der Waals surface area contributed by atoms with Crippen LogP contribution in [0.1, 0.15) is 5.56 Å². The third-order valence-electron chi connectivity index (χ3n) is 8.99. The molecule has 9 rings (SSSR count).